The Morgan fingerprint density at radius 3 is 2.50 bits per heavy atom. The van der Waals surface area contributed by atoms with E-state index >= 15 is 0 Å². The van der Waals surface area contributed by atoms with Crippen LogP contribution in [0.5, 0.6) is 0 Å². The second-order valence-corrected chi connectivity index (χ2v) is 5.20. The van der Waals surface area contributed by atoms with Crippen molar-refractivity contribution in [3.63, 3.8) is 0 Å². The minimum Gasteiger partial charge on any atom is -0.479 e. The van der Waals surface area contributed by atoms with Crippen LogP contribution in [0.1, 0.15) is 26.7 Å². The molecule has 1 aromatic heterocycles. The molecular formula is C15H16ClNO3. The lowest BCUT2D eigenvalue weighted by atomic mass is 9.92. The molecule has 2 aromatic rings. The van der Waals surface area contributed by atoms with Gasteiger partial charge in [0, 0.05) is 16.6 Å². The Balaban J connectivity index is 2.79. The number of rotatable bonds is 4. The SMILES string of the molecule is CCC(CC)(C(=O)O)n1ccc2cc(Cl)ccc2c1=O. The van der Waals surface area contributed by atoms with Crippen LogP contribution in [0.2, 0.25) is 5.02 Å². The number of nitrogens with zero attached hydrogens (tertiary/aromatic N) is 1. The van der Waals surface area contributed by atoms with Crippen LogP contribution < -0.4 is 5.56 Å². The second kappa shape index (κ2) is 5.29. The maximum Gasteiger partial charge on any atom is 0.329 e. The van der Waals surface area contributed by atoms with Crippen molar-refractivity contribution in [3.8, 4) is 0 Å². The molecule has 0 bridgehead atoms. The smallest absolute Gasteiger partial charge is 0.329 e. The van der Waals surface area contributed by atoms with Gasteiger partial charge in [-0.05, 0) is 42.5 Å². The molecule has 0 aliphatic heterocycles. The minimum atomic E-state index is -1.20. The number of hydrogen-bond acceptors (Lipinski definition) is 2. The summed E-state index contributed by atoms with van der Waals surface area (Å²) < 4.78 is 1.32. The van der Waals surface area contributed by atoms with E-state index in [4.69, 9.17) is 11.6 Å². The van der Waals surface area contributed by atoms with Crippen LogP contribution in [0.25, 0.3) is 10.8 Å². The number of halogens is 1. The highest BCUT2D eigenvalue weighted by molar-refractivity contribution is 6.31. The molecule has 0 aliphatic rings. The van der Waals surface area contributed by atoms with Crippen LogP contribution >= 0.6 is 11.6 Å². The van der Waals surface area contributed by atoms with Crippen LogP contribution in [0.3, 0.4) is 0 Å². The predicted molar refractivity (Wildman–Crippen MR) is 79.4 cm³/mol. The van der Waals surface area contributed by atoms with Crippen molar-refractivity contribution in [3.05, 3.63) is 45.8 Å². The predicted octanol–water partition coefficient (Wildman–Crippen LogP) is 3.25. The van der Waals surface area contributed by atoms with Crippen molar-refractivity contribution in [2.24, 2.45) is 0 Å². The zero-order chi connectivity index (χ0) is 14.9. The number of carboxylic acid groups (broad SMARTS) is 1. The first kappa shape index (κ1) is 14.6. The summed E-state index contributed by atoms with van der Waals surface area (Å²) >= 11 is 5.90. The van der Waals surface area contributed by atoms with Crippen LogP contribution in [-0.2, 0) is 10.3 Å². The molecule has 0 atom stereocenters. The maximum absolute atomic E-state index is 12.6. The molecule has 2 rings (SSSR count). The highest BCUT2D eigenvalue weighted by Gasteiger charge is 2.37. The number of benzene rings is 1. The highest BCUT2D eigenvalue weighted by Crippen LogP contribution is 2.25. The Hall–Kier alpha value is -1.81. The number of aliphatic carboxylic acids is 1. The van der Waals surface area contributed by atoms with Gasteiger partial charge in [0.2, 0.25) is 0 Å². The third-order valence-corrected chi connectivity index (χ3v) is 4.13. The third-order valence-electron chi connectivity index (χ3n) is 3.90. The van der Waals surface area contributed by atoms with E-state index in [0.29, 0.717) is 28.6 Å². The van der Waals surface area contributed by atoms with Crippen molar-refractivity contribution in [1.29, 1.82) is 0 Å². The fraction of sp³-hybridized carbons (Fsp3) is 0.333. The largest absolute Gasteiger partial charge is 0.479 e. The molecule has 0 aliphatic carbocycles. The first-order valence-electron chi connectivity index (χ1n) is 6.51. The number of aromatic nitrogens is 1. The third kappa shape index (κ3) is 2.10. The van der Waals surface area contributed by atoms with E-state index in [1.807, 2.05) is 0 Å². The Labute approximate surface area is 121 Å². The summed E-state index contributed by atoms with van der Waals surface area (Å²) in [5.41, 5.74) is -1.50. The average molecular weight is 294 g/mol. The van der Waals surface area contributed by atoms with E-state index in [9.17, 15) is 14.7 Å². The van der Waals surface area contributed by atoms with Gasteiger partial charge in [-0.1, -0.05) is 25.4 Å². The fourth-order valence-corrected chi connectivity index (χ4v) is 2.73. The van der Waals surface area contributed by atoms with Gasteiger partial charge in [-0.2, -0.15) is 0 Å². The number of hydrogen-bond donors (Lipinski definition) is 1. The number of carboxylic acids is 1. The highest BCUT2D eigenvalue weighted by atomic mass is 35.5. The molecule has 0 saturated carbocycles. The Kier molecular flexibility index (Phi) is 3.86. The van der Waals surface area contributed by atoms with Gasteiger partial charge < -0.3 is 5.11 Å². The molecule has 1 N–H and O–H groups in total. The molecule has 20 heavy (non-hydrogen) atoms. The molecule has 1 aromatic carbocycles. The Morgan fingerprint density at radius 2 is 1.95 bits per heavy atom. The zero-order valence-electron chi connectivity index (χ0n) is 11.4. The molecule has 0 unspecified atom stereocenters. The van der Waals surface area contributed by atoms with Gasteiger partial charge in [-0.15, -0.1) is 0 Å². The van der Waals surface area contributed by atoms with Gasteiger partial charge in [0.05, 0.1) is 0 Å². The summed E-state index contributed by atoms with van der Waals surface area (Å²) in [6, 6.07) is 6.69. The summed E-state index contributed by atoms with van der Waals surface area (Å²) in [7, 11) is 0. The Morgan fingerprint density at radius 1 is 1.30 bits per heavy atom. The van der Waals surface area contributed by atoms with Gasteiger partial charge in [0.1, 0.15) is 5.54 Å². The first-order valence-corrected chi connectivity index (χ1v) is 6.89. The van der Waals surface area contributed by atoms with Gasteiger partial charge >= 0.3 is 5.97 Å². The lowest BCUT2D eigenvalue weighted by Gasteiger charge is -2.29. The molecule has 0 saturated heterocycles. The fourth-order valence-electron chi connectivity index (χ4n) is 2.55. The normalized spacial score (nSPS) is 11.8. The van der Waals surface area contributed by atoms with Crippen LogP contribution in [-0.4, -0.2) is 15.6 Å². The van der Waals surface area contributed by atoms with E-state index in [2.05, 4.69) is 0 Å². The van der Waals surface area contributed by atoms with Crippen molar-refractivity contribution in [1.82, 2.24) is 4.57 Å². The zero-order valence-corrected chi connectivity index (χ0v) is 12.1. The number of carbonyl (C=O) groups is 1. The number of pyridine rings is 1. The molecule has 0 spiro atoms. The van der Waals surface area contributed by atoms with Gasteiger partial charge in [0.25, 0.3) is 5.56 Å². The first-order chi connectivity index (χ1) is 9.46. The van der Waals surface area contributed by atoms with E-state index in [-0.39, 0.29) is 5.56 Å². The second-order valence-electron chi connectivity index (χ2n) is 4.77. The lowest BCUT2D eigenvalue weighted by molar-refractivity contribution is -0.148. The van der Waals surface area contributed by atoms with Crippen molar-refractivity contribution in [2.75, 3.05) is 0 Å². The monoisotopic (exact) mass is 293 g/mol. The van der Waals surface area contributed by atoms with Gasteiger partial charge in [-0.25, -0.2) is 4.79 Å². The van der Waals surface area contributed by atoms with Crippen LogP contribution in [0.4, 0.5) is 0 Å². The van der Waals surface area contributed by atoms with Crippen molar-refractivity contribution < 1.29 is 9.90 Å². The maximum atomic E-state index is 12.6. The summed E-state index contributed by atoms with van der Waals surface area (Å²) in [5, 5.41) is 11.3. The summed E-state index contributed by atoms with van der Waals surface area (Å²) in [4.78, 5) is 24.2. The lowest BCUT2D eigenvalue weighted by Crippen LogP contribution is -2.46. The molecule has 4 nitrogen and oxygen atoms in total. The number of fused-ring (bicyclic) bond motifs is 1. The average Bonchev–Trinajstić information content (AvgIpc) is 2.42. The van der Waals surface area contributed by atoms with Crippen molar-refractivity contribution in [2.45, 2.75) is 32.2 Å². The summed E-state index contributed by atoms with van der Waals surface area (Å²) in [6.45, 7) is 3.55. The van der Waals surface area contributed by atoms with Crippen molar-refractivity contribution >= 4 is 28.3 Å². The standard InChI is InChI=1S/C15H16ClNO3/c1-3-15(4-2,14(19)20)17-8-7-10-9-11(16)5-6-12(10)13(17)18/h5-9H,3-4H2,1-2H3,(H,19,20). The molecule has 106 valence electrons. The molecule has 5 heteroatoms. The summed E-state index contributed by atoms with van der Waals surface area (Å²) in [6.07, 6.45) is 2.23. The topological polar surface area (TPSA) is 59.3 Å². The van der Waals surface area contributed by atoms with E-state index in [0.717, 1.165) is 0 Å². The molecule has 0 fully saturated rings. The van der Waals surface area contributed by atoms with Crippen LogP contribution in [0, 0.1) is 0 Å². The Bertz CT molecular complexity index is 717. The van der Waals surface area contributed by atoms with Gasteiger partial charge in [0.15, 0.2) is 0 Å². The molecular weight excluding hydrogens is 278 g/mol. The van der Waals surface area contributed by atoms with E-state index < -0.39 is 11.5 Å². The van der Waals surface area contributed by atoms with Gasteiger partial charge in [-0.3, -0.25) is 9.36 Å². The summed E-state index contributed by atoms with van der Waals surface area (Å²) in [5.74, 6) is -0.988. The molecule has 0 amide bonds. The molecule has 0 radical (unpaired) electrons. The molecule has 1 heterocycles. The van der Waals surface area contributed by atoms with E-state index in [1.54, 1.807) is 44.3 Å². The van der Waals surface area contributed by atoms with E-state index in [1.165, 1.54) is 4.57 Å². The minimum absolute atomic E-state index is 0.301. The quantitative estimate of drug-likeness (QED) is 0.941. The van der Waals surface area contributed by atoms with Crippen LogP contribution in [0.15, 0.2) is 35.3 Å².